The van der Waals surface area contributed by atoms with Crippen LogP contribution in [-0.4, -0.2) is 51.0 Å². The van der Waals surface area contributed by atoms with Gasteiger partial charge in [0.1, 0.15) is 17.3 Å². The van der Waals surface area contributed by atoms with Crippen molar-refractivity contribution in [2.75, 3.05) is 26.7 Å². The van der Waals surface area contributed by atoms with Gasteiger partial charge in [-0.2, -0.15) is 8.42 Å². The van der Waals surface area contributed by atoms with Gasteiger partial charge in [0.25, 0.3) is 16.1 Å². The van der Waals surface area contributed by atoms with Gasteiger partial charge in [-0.15, -0.1) is 0 Å². The lowest BCUT2D eigenvalue weighted by atomic mass is 9.93. The van der Waals surface area contributed by atoms with Gasteiger partial charge in [-0.05, 0) is 43.4 Å². The number of piperidine rings is 1. The molecule has 4 N–H and O–H groups in total. The van der Waals surface area contributed by atoms with E-state index in [1.54, 1.807) is 11.0 Å². The maximum atomic E-state index is 14.0. The van der Waals surface area contributed by atoms with E-state index in [1.807, 2.05) is 0 Å². The Hall–Kier alpha value is -2.17. The van der Waals surface area contributed by atoms with Gasteiger partial charge in [0.2, 0.25) is 0 Å². The second-order valence-electron chi connectivity index (χ2n) is 6.68. The predicted octanol–water partition coefficient (Wildman–Crippen LogP) is 1.35. The number of methoxy groups -OCH3 is 1. The SMILES string of the molecule is COc1ccc(F)c2[nH]c(C(=O)N3CCC(CCNS(N)(=O)=O)CC3)cc12. The number of ether oxygens (including phenoxy) is 1. The van der Waals surface area contributed by atoms with Crippen molar-refractivity contribution in [1.29, 1.82) is 0 Å². The highest BCUT2D eigenvalue weighted by atomic mass is 32.2. The fraction of sp³-hybridized carbons (Fsp3) is 0.471. The molecule has 0 saturated carbocycles. The van der Waals surface area contributed by atoms with Gasteiger partial charge in [0, 0.05) is 25.0 Å². The highest BCUT2D eigenvalue weighted by Crippen LogP contribution is 2.29. The van der Waals surface area contributed by atoms with Crippen LogP contribution in [0.25, 0.3) is 10.9 Å². The van der Waals surface area contributed by atoms with Crippen LogP contribution in [0.2, 0.25) is 0 Å². The standard InChI is InChI=1S/C17H23FN4O4S/c1-26-15-3-2-13(18)16-12(15)10-14(21-16)17(23)22-8-5-11(6-9-22)4-7-20-27(19,24)25/h2-3,10-11,20-21H,4-9H2,1H3,(H2,19,24,25). The number of amides is 1. The van der Waals surface area contributed by atoms with Crippen molar-refractivity contribution in [2.24, 2.45) is 11.1 Å². The molecule has 1 aliphatic rings. The van der Waals surface area contributed by atoms with E-state index in [-0.39, 0.29) is 11.4 Å². The van der Waals surface area contributed by atoms with Crippen molar-refractivity contribution in [2.45, 2.75) is 19.3 Å². The number of rotatable bonds is 6. The van der Waals surface area contributed by atoms with E-state index in [9.17, 15) is 17.6 Å². The Kier molecular flexibility index (Phi) is 5.68. The third-order valence-electron chi connectivity index (χ3n) is 4.91. The molecule has 0 atom stereocenters. The molecule has 10 heteroatoms. The van der Waals surface area contributed by atoms with Gasteiger partial charge in [-0.25, -0.2) is 14.3 Å². The summed E-state index contributed by atoms with van der Waals surface area (Å²) >= 11 is 0. The van der Waals surface area contributed by atoms with Gasteiger partial charge in [0.15, 0.2) is 0 Å². The lowest BCUT2D eigenvalue weighted by molar-refractivity contribution is 0.0682. The molecule has 0 unspecified atom stereocenters. The fourth-order valence-electron chi connectivity index (χ4n) is 3.45. The van der Waals surface area contributed by atoms with Crippen LogP contribution in [0.4, 0.5) is 4.39 Å². The summed E-state index contributed by atoms with van der Waals surface area (Å²) in [6.07, 6.45) is 2.22. The molecular weight excluding hydrogens is 375 g/mol. The molecule has 148 valence electrons. The predicted molar refractivity (Wildman–Crippen MR) is 99.2 cm³/mol. The lowest BCUT2D eigenvalue weighted by Gasteiger charge is -2.31. The Morgan fingerprint density at radius 3 is 2.74 bits per heavy atom. The summed E-state index contributed by atoms with van der Waals surface area (Å²) in [4.78, 5) is 17.3. The highest BCUT2D eigenvalue weighted by molar-refractivity contribution is 7.87. The topological polar surface area (TPSA) is 118 Å². The minimum atomic E-state index is -3.67. The number of H-pyrrole nitrogens is 1. The summed E-state index contributed by atoms with van der Waals surface area (Å²) in [6.45, 7) is 1.42. The number of hydrogen-bond donors (Lipinski definition) is 3. The number of halogens is 1. The van der Waals surface area contributed by atoms with Gasteiger partial charge in [0.05, 0.1) is 12.6 Å². The Labute approximate surface area is 157 Å². The first-order valence-electron chi connectivity index (χ1n) is 8.70. The summed E-state index contributed by atoms with van der Waals surface area (Å²) in [7, 11) is -2.17. The second kappa shape index (κ2) is 7.83. The normalized spacial score (nSPS) is 16.0. The summed E-state index contributed by atoms with van der Waals surface area (Å²) in [5.41, 5.74) is 0.574. The van der Waals surface area contributed by atoms with Crippen LogP contribution < -0.4 is 14.6 Å². The third kappa shape index (κ3) is 4.57. The van der Waals surface area contributed by atoms with Crippen LogP contribution in [0.3, 0.4) is 0 Å². The zero-order valence-corrected chi connectivity index (χ0v) is 15.8. The number of likely N-dealkylation sites (tertiary alicyclic amines) is 1. The average Bonchev–Trinajstić information content (AvgIpc) is 3.07. The van der Waals surface area contributed by atoms with Crippen molar-refractivity contribution in [3.05, 3.63) is 29.7 Å². The van der Waals surface area contributed by atoms with E-state index in [0.29, 0.717) is 48.8 Å². The number of carbonyl (C=O) groups excluding carboxylic acids is 1. The van der Waals surface area contributed by atoms with Crippen molar-refractivity contribution in [3.8, 4) is 5.75 Å². The Balaban J connectivity index is 1.63. The number of nitrogens with two attached hydrogens (primary N) is 1. The minimum Gasteiger partial charge on any atom is -0.496 e. The molecule has 8 nitrogen and oxygen atoms in total. The number of aromatic amines is 1. The first-order chi connectivity index (χ1) is 12.8. The summed E-state index contributed by atoms with van der Waals surface area (Å²) in [5.74, 6) is 0.200. The van der Waals surface area contributed by atoms with E-state index >= 15 is 0 Å². The highest BCUT2D eigenvalue weighted by Gasteiger charge is 2.25. The molecule has 0 radical (unpaired) electrons. The van der Waals surface area contributed by atoms with Gasteiger partial charge in [-0.1, -0.05) is 0 Å². The maximum Gasteiger partial charge on any atom is 0.274 e. The third-order valence-corrected chi connectivity index (χ3v) is 5.52. The van der Waals surface area contributed by atoms with E-state index in [2.05, 4.69) is 9.71 Å². The first-order valence-corrected chi connectivity index (χ1v) is 10.2. The molecule has 2 aromatic rings. The van der Waals surface area contributed by atoms with Crippen LogP contribution in [0.15, 0.2) is 18.2 Å². The first kappa shape index (κ1) is 19.6. The Morgan fingerprint density at radius 1 is 1.41 bits per heavy atom. The molecule has 1 aromatic carbocycles. The Bertz CT molecular complexity index is 936. The molecule has 3 rings (SSSR count). The molecule has 1 amide bonds. The van der Waals surface area contributed by atoms with E-state index in [0.717, 1.165) is 12.8 Å². The average molecular weight is 398 g/mol. The molecule has 27 heavy (non-hydrogen) atoms. The molecule has 0 bridgehead atoms. The number of carbonyl (C=O) groups is 1. The van der Waals surface area contributed by atoms with Crippen LogP contribution in [0.1, 0.15) is 29.8 Å². The van der Waals surface area contributed by atoms with Crippen molar-refractivity contribution < 1.29 is 22.3 Å². The number of hydrogen-bond acceptors (Lipinski definition) is 4. The molecule has 0 spiro atoms. The van der Waals surface area contributed by atoms with Crippen LogP contribution in [0.5, 0.6) is 5.75 Å². The van der Waals surface area contributed by atoms with Crippen molar-refractivity contribution >= 4 is 27.0 Å². The zero-order valence-electron chi connectivity index (χ0n) is 15.0. The zero-order chi connectivity index (χ0) is 19.6. The van der Waals surface area contributed by atoms with Gasteiger partial charge < -0.3 is 14.6 Å². The van der Waals surface area contributed by atoms with Crippen molar-refractivity contribution in [3.63, 3.8) is 0 Å². The molecule has 1 saturated heterocycles. The molecule has 0 aliphatic carbocycles. The van der Waals surface area contributed by atoms with Gasteiger partial charge >= 0.3 is 0 Å². The quantitative estimate of drug-likeness (QED) is 0.681. The molecule has 1 aliphatic heterocycles. The summed E-state index contributed by atoms with van der Waals surface area (Å²) in [6, 6.07) is 4.44. The van der Waals surface area contributed by atoms with Gasteiger partial charge in [-0.3, -0.25) is 4.79 Å². The molecule has 1 fully saturated rings. The van der Waals surface area contributed by atoms with Crippen LogP contribution in [-0.2, 0) is 10.2 Å². The number of nitrogens with zero attached hydrogens (tertiary/aromatic N) is 1. The lowest BCUT2D eigenvalue weighted by Crippen LogP contribution is -2.39. The van der Waals surface area contributed by atoms with Crippen LogP contribution >= 0.6 is 0 Å². The number of fused-ring (bicyclic) bond motifs is 1. The summed E-state index contributed by atoms with van der Waals surface area (Å²) in [5, 5.41) is 5.44. The Morgan fingerprint density at radius 2 is 2.11 bits per heavy atom. The number of aromatic nitrogens is 1. The molecule has 1 aromatic heterocycles. The maximum absolute atomic E-state index is 14.0. The van der Waals surface area contributed by atoms with Crippen LogP contribution in [0, 0.1) is 11.7 Å². The van der Waals surface area contributed by atoms with E-state index in [4.69, 9.17) is 9.88 Å². The number of benzene rings is 1. The molecular formula is C17H23FN4O4S. The van der Waals surface area contributed by atoms with E-state index in [1.165, 1.54) is 19.2 Å². The molecule has 2 heterocycles. The fourth-order valence-corrected chi connectivity index (χ4v) is 3.86. The second-order valence-corrected chi connectivity index (χ2v) is 8.06. The smallest absolute Gasteiger partial charge is 0.274 e. The minimum absolute atomic E-state index is 0.186. The summed E-state index contributed by atoms with van der Waals surface area (Å²) < 4.78 is 43.3. The largest absolute Gasteiger partial charge is 0.496 e. The monoisotopic (exact) mass is 398 g/mol. The van der Waals surface area contributed by atoms with E-state index < -0.39 is 16.0 Å². The number of nitrogens with one attached hydrogen (secondary N) is 2. The van der Waals surface area contributed by atoms with Crippen molar-refractivity contribution in [1.82, 2.24) is 14.6 Å².